The van der Waals surface area contributed by atoms with E-state index in [0.717, 1.165) is 25.2 Å². The van der Waals surface area contributed by atoms with E-state index in [1.54, 1.807) is 11.1 Å². The lowest BCUT2D eigenvalue weighted by molar-refractivity contribution is 0.0766. The third-order valence-electron chi connectivity index (χ3n) is 4.24. The van der Waals surface area contributed by atoms with E-state index in [1.165, 1.54) is 0 Å². The average molecular weight is 291 g/mol. The summed E-state index contributed by atoms with van der Waals surface area (Å²) < 4.78 is 0. The zero-order chi connectivity index (χ0) is 15.4. The monoisotopic (exact) mass is 291 g/mol. The highest BCUT2D eigenvalue weighted by Gasteiger charge is 2.25. The lowest BCUT2D eigenvalue weighted by Crippen LogP contribution is -2.42. The highest BCUT2D eigenvalue weighted by atomic mass is 16.3. The Kier molecular flexibility index (Phi) is 5.17. The van der Waals surface area contributed by atoms with Gasteiger partial charge >= 0.3 is 0 Å². The summed E-state index contributed by atoms with van der Waals surface area (Å²) in [6, 6.07) is 3.80. The summed E-state index contributed by atoms with van der Waals surface area (Å²) in [7, 11) is 0. The van der Waals surface area contributed by atoms with Crippen molar-refractivity contribution in [3.05, 3.63) is 24.0 Å². The Hall–Kier alpha value is -1.62. The first-order valence-corrected chi connectivity index (χ1v) is 7.75. The summed E-state index contributed by atoms with van der Waals surface area (Å²) in [4.78, 5) is 20.6. The van der Waals surface area contributed by atoms with Gasteiger partial charge < -0.3 is 14.9 Å². The third-order valence-corrected chi connectivity index (χ3v) is 4.24. The highest BCUT2D eigenvalue weighted by molar-refractivity contribution is 5.93. The van der Waals surface area contributed by atoms with Gasteiger partial charge in [0.2, 0.25) is 0 Å². The number of pyridine rings is 1. The minimum atomic E-state index is -0.222. The number of carbonyl (C=O) groups excluding carboxylic acids is 1. The van der Waals surface area contributed by atoms with E-state index in [-0.39, 0.29) is 17.9 Å². The molecule has 0 bridgehead atoms. The quantitative estimate of drug-likeness (QED) is 0.918. The van der Waals surface area contributed by atoms with Gasteiger partial charge in [0.05, 0.1) is 6.10 Å². The van der Waals surface area contributed by atoms with Crippen molar-refractivity contribution in [1.82, 2.24) is 9.88 Å². The van der Waals surface area contributed by atoms with Crippen LogP contribution in [0.1, 0.15) is 37.7 Å². The summed E-state index contributed by atoms with van der Waals surface area (Å²) >= 11 is 0. The summed E-state index contributed by atoms with van der Waals surface area (Å²) in [5.41, 5.74) is 1.51. The molecule has 1 amide bonds. The number of carbonyl (C=O) groups is 1. The summed E-state index contributed by atoms with van der Waals surface area (Å²) in [5.74, 6) is 0.223. The van der Waals surface area contributed by atoms with Gasteiger partial charge in [0.1, 0.15) is 5.69 Å². The van der Waals surface area contributed by atoms with E-state index in [0.29, 0.717) is 18.8 Å². The molecule has 2 rings (SSSR count). The number of amides is 1. The van der Waals surface area contributed by atoms with Crippen molar-refractivity contribution >= 4 is 11.6 Å². The molecule has 0 aromatic carbocycles. The van der Waals surface area contributed by atoms with Crippen molar-refractivity contribution in [1.29, 1.82) is 0 Å². The molecule has 1 aliphatic rings. The molecule has 1 saturated heterocycles. The van der Waals surface area contributed by atoms with Gasteiger partial charge in [0.15, 0.2) is 0 Å². The van der Waals surface area contributed by atoms with Crippen molar-refractivity contribution < 1.29 is 9.90 Å². The van der Waals surface area contributed by atoms with E-state index < -0.39 is 0 Å². The SMILES string of the molecule is CCN(CC)C(=O)c1cc(N2CCC(O)C(C)C2)ccn1. The first-order chi connectivity index (χ1) is 10.1. The third kappa shape index (κ3) is 3.53. The smallest absolute Gasteiger partial charge is 0.272 e. The Balaban J connectivity index is 2.16. The Morgan fingerprint density at radius 2 is 2.19 bits per heavy atom. The molecule has 5 heteroatoms. The molecule has 1 fully saturated rings. The number of aliphatic hydroxyl groups excluding tert-OH is 1. The molecule has 0 saturated carbocycles. The zero-order valence-electron chi connectivity index (χ0n) is 13.1. The predicted octanol–water partition coefficient (Wildman–Crippen LogP) is 1.77. The topological polar surface area (TPSA) is 56.7 Å². The van der Waals surface area contributed by atoms with Gasteiger partial charge in [-0.25, -0.2) is 0 Å². The molecule has 1 aromatic heterocycles. The molecule has 21 heavy (non-hydrogen) atoms. The number of hydrogen-bond donors (Lipinski definition) is 1. The predicted molar refractivity (Wildman–Crippen MR) is 83.5 cm³/mol. The molecule has 1 aromatic rings. The fraction of sp³-hybridized carbons (Fsp3) is 0.625. The molecule has 1 N–H and O–H groups in total. The first-order valence-electron chi connectivity index (χ1n) is 7.75. The minimum Gasteiger partial charge on any atom is -0.393 e. The number of aromatic nitrogens is 1. The number of aliphatic hydroxyl groups is 1. The van der Waals surface area contributed by atoms with Crippen LogP contribution in [0.15, 0.2) is 18.3 Å². The van der Waals surface area contributed by atoms with Crippen molar-refractivity contribution in [2.75, 3.05) is 31.1 Å². The van der Waals surface area contributed by atoms with Crippen LogP contribution in [0.4, 0.5) is 5.69 Å². The lowest BCUT2D eigenvalue weighted by atomic mass is 9.96. The molecule has 2 heterocycles. The van der Waals surface area contributed by atoms with Crippen LogP contribution >= 0.6 is 0 Å². The largest absolute Gasteiger partial charge is 0.393 e. The van der Waals surface area contributed by atoms with E-state index in [4.69, 9.17) is 0 Å². The van der Waals surface area contributed by atoms with Gasteiger partial charge in [0, 0.05) is 38.1 Å². The van der Waals surface area contributed by atoms with E-state index in [1.807, 2.05) is 26.0 Å². The first kappa shape index (κ1) is 15.8. The molecule has 0 radical (unpaired) electrons. The molecular weight excluding hydrogens is 266 g/mol. The van der Waals surface area contributed by atoms with Crippen LogP contribution in [-0.4, -0.2) is 53.2 Å². The molecule has 0 spiro atoms. The second-order valence-electron chi connectivity index (χ2n) is 5.66. The molecule has 2 atom stereocenters. The van der Waals surface area contributed by atoms with Crippen LogP contribution in [0.25, 0.3) is 0 Å². The van der Waals surface area contributed by atoms with Gasteiger partial charge in [-0.1, -0.05) is 6.92 Å². The number of piperidine rings is 1. The van der Waals surface area contributed by atoms with Gasteiger partial charge in [-0.3, -0.25) is 9.78 Å². The molecule has 1 aliphatic heterocycles. The van der Waals surface area contributed by atoms with Crippen LogP contribution < -0.4 is 4.90 Å². The van der Waals surface area contributed by atoms with Crippen molar-refractivity contribution in [2.24, 2.45) is 5.92 Å². The van der Waals surface area contributed by atoms with Crippen LogP contribution in [0.2, 0.25) is 0 Å². The second-order valence-corrected chi connectivity index (χ2v) is 5.66. The highest BCUT2D eigenvalue weighted by Crippen LogP contribution is 2.23. The van der Waals surface area contributed by atoms with Crippen LogP contribution in [-0.2, 0) is 0 Å². The van der Waals surface area contributed by atoms with Crippen LogP contribution in [0, 0.1) is 5.92 Å². The molecule has 116 valence electrons. The number of rotatable bonds is 4. The maximum absolute atomic E-state index is 12.4. The van der Waals surface area contributed by atoms with Gasteiger partial charge in [0.25, 0.3) is 5.91 Å². The standard InChI is InChI=1S/C16H25N3O2/c1-4-18(5-2)16(21)14-10-13(6-8-17-14)19-9-7-15(20)12(3)11-19/h6,8,10,12,15,20H,4-5,7,9,11H2,1-3H3. The second kappa shape index (κ2) is 6.89. The maximum Gasteiger partial charge on any atom is 0.272 e. The van der Waals surface area contributed by atoms with E-state index >= 15 is 0 Å². The Labute approximate surface area is 126 Å². The fourth-order valence-electron chi connectivity index (χ4n) is 2.77. The Bertz CT molecular complexity index is 488. The van der Waals surface area contributed by atoms with Crippen molar-refractivity contribution in [2.45, 2.75) is 33.3 Å². The number of nitrogens with zero attached hydrogens (tertiary/aromatic N) is 3. The molecule has 2 unspecified atom stereocenters. The van der Waals surface area contributed by atoms with E-state index in [9.17, 15) is 9.90 Å². The maximum atomic E-state index is 12.4. The van der Waals surface area contributed by atoms with Gasteiger partial charge in [-0.2, -0.15) is 0 Å². The Morgan fingerprint density at radius 3 is 2.81 bits per heavy atom. The van der Waals surface area contributed by atoms with Gasteiger partial charge in [-0.15, -0.1) is 0 Å². The van der Waals surface area contributed by atoms with Crippen molar-refractivity contribution in [3.63, 3.8) is 0 Å². The average Bonchev–Trinajstić information content (AvgIpc) is 2.51. The minimum absolute atomic E-state index is 0.0213. The number of hydrogen-bond acceptors (Lipinski definition) is 4. The molecule has 5 nitrogen and oxygen atoms in total. The molecular formula is C16H25N3O2. The Morgan fingerprint density at radius 1 is 1.48 bits per heavy atom. The van der Waals surface area contributed by atoms with E-state index in [2.05, 4.69) is 16.8 Å². The summed E-state index contributed by atoms with van der Waals surface area (Å²) in [6.45, 7) is 9.00. The van der Waals surface area contributed by atoms with Gasteiger partial charge in [-0.05, 0) is 38.3 Å². The lowest BCUT2D eigenvalue weighted by Gasteiger charge is -2.36. The summed E-state index contributed by atoms with van der Waals surface area (Å²) in [5, 5.41) is 9.82. The van der Waals surface area contributed by atoms with Crippen LogP contribution in [0.3, 0.4) is 0 Å². The normalized spacial score (nSPS) is 22.2. The summed E-state index contributed by atoms with van der Waals surface area (Å²) in [6.07, 6.45) is 2.24. The fourth-order valence-corrected chi connectivity index (χ4v) is 2.77. The van der Waals surface area contributed by atoms with Crippen LogP contribution in [0.5, 0.6) is 0 Å². The number of anilines is 1. The zero-order valence-corrected chi connectivity index (χ0v) is 13.1. The molecule has 0 aliphatic carbocycles. The van der Waals surface area contributed by atoms with Crippen molar-refractivity contribution in [3.8, 4) is 0 Å².